The molecule has 2 N–H and O–H groups in total. The lowest BCUT2D eigenvalue weighted by molar-refractivity contribution is -0.123. The van der Waals surface area contributed by atoms with Crippen molar-refractivity contribution >= 4 is 63.2 Å². The molecule has 4 rings (SSSR count). The minimum atomic E-state index is -0.360. The third-order valence-electron chi connectivity index (χ3n) is 5.20. The van der Waals surface area contributed by atoms with Crippen LogP contribution in [0.1, 0.15) is 21.3 Å². The molecule has 0 aliphatic carbocycles. The van der Waals surface area contributed by atoms with E-state index in [-0.39, 0.29) is 25.0 Å². The van der Waals surface area contributed by atoms with Crippen molar-refractivity contribution in [2.45, 2.75) is 11.5 Å². The molecular weight excluding hydrogens is 574 g/mol. The van der Waals surface area contributed by atoms with E-state index in [0.717, 1.165) is 11.1 Å². The highest BCUT2D eigenvalue weighted by Crippen LogP contribution is 2.45. The summed E-state index contributed by atoms with van der Waals surface area (Å²) < 4.78 is 12.3. The second-order valence-corrected chi connectivity index (χ2v) is 11.7. The highest BCUT2D eigenvalue weighted by Gasteiger charge is 2.18. The van der Waals surface area contributed by atoms with Gasteiger partial charge in [0.2, 0.25) is 0 Å². The number of benzene rings is 3. The SMILES string of the molecule is Cc1ccc(NC(=O)COc2ccc(/C=N\NC(=O)COc3ccc(C4SCCS4)cc3)cc2Br)cc1. The Hall–Kier alpha value is -2.95. The zero-order valence-corrected chi connectivity index (χ0v) is 23.3. The van der Waals surface area contributed by atoms with Crippen LogP contribution in [0.3, 0.4) is 0 Å². The van der Waals surface area contributed by atoms with E-state index in [4.69, 9.17) is 9.47 Å². The lowest BCUT2D eigenvalue weighted by Crippen LogP contribution is -2.24. The van der Waals surface area contributed by atoms with Crippen molar-refractivity contribution in [1.29, 1.82) is 0 Å². The van der Waals surface area contributed by atoms with E-state index in [1.807, 2.05) is 79.0 Å². The first-order valence-corrected chi connectivity index (χ1v) is 14.4. The lowest BCUT2D eigenvalue weighted by atomic mass is 10.2. The first kappa shape index (κ1) is 27.1. The van der Waals surface area contributed by atoms with Crippen molar-refractivity contribution < 1.29 is 19.1 Å². The third-order valence-corrected chi connectivity index (χ3v) is 8.92. The van der Waals surface area contributed by atoms with Gasteiger partial charge in [0.15, 0.2) is 13.2 Å². The molecule has 7 nitrogen and oxygen atoms in total. The summed E-state index contributed by atoms with van der Waals surface area (Å²) in [5.41, 5.74) is 6.30. The van der Waals surface area contributed by atoms with Crippen molar-refractivity contribution in [2.24, 2.45) is 5.10 Å². The van der Waals surface area contributed by atoms with Crippen molar-refractivity contribution in [3.8, 4) is 11.5 Å². The minimum absolute atomic E-state index is 0.128. The predicted molar refractivity (Wildman–Crippen MR) is 155 cm³/mol. The monoisotopic (exact) mass is 599 g/mol. The Balaban J connectivity index is 1.18. The number of ether oxygens (including phenoxy) is 2. The van der Waals surface area contributed by atoms with Crippen LogP contribution in [0, 0.1) is 6.92 Å². The number of hydrazone groups is 1. The average Bonchev–Trinajstić information content (AvgIpc) is 3.44. The molecule has 1 fully saturated rings. The van der Waals surface area contributed by atoms with Gasteiger partial charge in [0.25, 0.3) is 11.8 Å². The zero-order valence-electron chi connectivity index (χ0n) is 20.1. The predicted octanol–water partition coefficient (Wildman–Crippen LogP) is 5.78. The van der Waals surface area contributed by atoms with E-state index in [1.165, 1.54) is 23.3 Å². The van der Waals surface area contributed by atoms with Crippen LogP contribution >= 0.6 is 39.5 Å². The quantitative estimate of drug-likeness (QED) is 0.227. The molecule has 1 aliphatic rings. The number of aryl methyl sites for hydroxylation is 1. The summed E-state index contributed by atoms with van der Waals surface area (Å²) in [6.07, 6.45) is 1.52. The fourth-order valence-electron chi connectivity index (χ4n) is 3.32. The molecule has 192 valence electrons. The van der Waals surface area contributed by atoms with Gasteiger partial charge in [0, 0.05) is 17.2 Å². The molecule has 2 amide bonds. The van der Waals surface area contributed by atoms with Gasteiger partial charge in [-0.25, -0.2) is 5.43 Å². The van der Waals surface area contributed by atoms with Gasteiger partial charge in [-0.1, -0.05) is 29.8 Å². The summed E-state index contributed by atoms with van der Waals surface area (Å²) in [4.78, 5) is 24.2. The summed E-state index contributed by atoms with van der Waals surface area (Å²) in [5.74, 6) is 2.90. The maximum Gasteiger partial charge on any atom is 0.277 e. The number of nitrogens with zero attached hydrogens (tertiary/aromatic N) is 1. The van der Waals surface area contributed by atoms with E-state index < -0.39 is 0 Å². The zero-order chi connectivity index (χ0) is 26.0. The van der Waals surface area contributed by atoms with Crippen LogP contribution in [-0.2, 0) is 9.59 Å². The molecule has 3 aromatic rings. The standard InChI is InChI=1S/C27H26BrN3O4S2/c1-18-2-7-21(8-3-18)30-25(32)16-35-24-11-4-19(14-23(24)28)15-29-31-26(33)17-34-22-9-5-20(6-10-22)27-36-12-13-37-27/h2-11,14-15,27H,12-13,16-17H2,1H3,(H,30,32)(H,31,33)/b29-15-. The summed E-state index contributed by atoms with van der Waals surface area (Å²) in [6, 6.07) is 20.7. The molecule has 37 heavy (non-hydrogen) atoms. The molecule has 0 atom stereocenters. The largest absolute Gasteiger partial charge is 0.484 e. The smallest absolute Gasteiger partial charge is 0.277 e. The minimum Gasteiger partial charge on any atom is -0.484 e. The van der Waals surface area contributed by atoms with Crippen LogP contribution in [0.2, 0.25) is 0 Å². The van der Waals surface area contributed by atoms with Gasteiger partial charge in [-0.05, 0) is 76.4 Å². The third kappa shape index (κ3) is 8.55. The van der Waals surface area contributed by atoms with Gasteiger partial charge >= 0.3 is 0 Å². The Morgan fingerprint density at radius 1 is 0.973 bits per heavy atom. The van der Waals surface area contributed by atoms with E-state index in [1.54, 1.807) is 18.2 Å². The topological polar surface area (TPSA) is 89.0 Å². The Kier molecular flexibility index (Phi) is 9.92. The second-order valence-electron chi connectivity index (χ2n) is 8.12. The maximum absolute atomic E-state index is 12.1. The maximum atomic E-state index is 12.1. The van der Waals surface area contributed by atoms with Crippen LogP contribution in [0.4, 0.5) is 5.69 Å². The van der Waals surface area contributed by atoms with Crippen molar-refractivity contribution in [1.82, 2.24) is 5.43 Å². The molecule has 1 saturated heterocycles. The van der Waals surface area contributed by atoms with E-state index >= 15 is 0 Å². The van der Waals surface area contributed by atoms with Gasteiger partial charge in [-0.2, -0.15) is 5.10 Å². The number of halogens is 1. The number of rotatable bonds is 10. The fraction of sp³-hybridized carbons (Fsp3) is 0.222. The van der Waals surface area contributed by atoms with E-state index in [0.29, 0.717) is 26.2 Å². The number of amides is 2. The molecule has 0 bridgehead atoms. The van der Waals surface area contributed by atoms with Crippen molar-refractivity contribution in [3.63, 3.8) is 0 Å². The number of hydrogen-bond acceptors (Lipinski definition) is 7. The highest BCUT2D eigenvalue weighted by atomic mass is 79.9. The van der Waals surface area contributed by atoms with Gasteiger partial charge in [-0.15, -0.1) is 23.5 Å². The Bertz CT molecular complexity index is 1250. The van der Waals surface area contributed by atoms with Crippen LogP contribution in [-0.4, -0.2) is 42.7 Å². The number of nitrogens with one attached hydrogen (secondary N) is 2. The normalized spacial score (nSPS) is 13.5. The van der Waals surface area contributed by atoms with Crippen molar-refractivity contribution in [2.75, 3.05) is 30.0 Å². The molecule has 0 aromatic heterocycles. The Morgan fingerprint density at radius 3 is 2.38 bits per heavy atom. The Morgan fingerprint density at radius 2 is 1.68 bits per heavy atom. The summed E-state index contributed by atoms with van der Waals surface area (Å²) in [5, 5.41) is 6.77. The number of carbonyl (C=O) groups is 2. The lowest BCUT2D eigenvalue weighted by Gasteiger charge is -2.10. The van der Waals surface area contributed by atoms with Crippen LogP contribution in [0.15, 0.2) is 76.3 Å². The molecule has 0 saturated carbocycles. The first-order valence-electron chi connectivity index (χ1n) is 11.5. The summed E-state index contributed by atoms with van der Waals surface area (Å²) in [7, 11) is 0. The molecule has 0 unspecified atom stereocenters. The van der Waals surface area contributed by atoms with Gasteiger partial charge in [0.1, 0.15) is 11.5 Å². The van der Waals surface area contributed by atoms with E-state index in [2.05, 4.69) is 31.8 Å². The second kappa shape index (κ2) is 13.6. The molecule has 1 heterocycles. The van der Waals surface area contributed by atoms with E-state index in [9.17, 15) is 9.59 Å². The van der Waals surface area contributed by atoms with Crippen LogP contribution in [0.25, 0.3) is 0 Å². The molecule has 0 radical (unpaired) electrons. The number of carbonyl (C=O) groups excluding carboxylic acids is 2. The summed E-state index contributed by atoms with van der Waals surface area (Å²) >= 11 is 7.34. The molecule has 10 heteroatoms. The fourth-order valence-corrected chi connectivity index (χ4v) is 6.69. The van der Waals surface area contributed by atoms with Gasteiger partial charge in [-0.3, -0.25) is 9.59 Å². The molecule has 3 aromatic carbocycles. The van der Waals surface area contributed by atoms with Crippen molar-refractivity contribution in [3.05, 3.63) is 87.9 Å². The number of hydrogen-bond donors (Lipinski definition) is 2. The van der Waals surface area contributed by atoms with Gasteiger partial charge < -0.3 is 14.8 Å². The molecule has 0 spiro atoms. The number of anilines is 1. The van der Waals surface area contributed by atoms with Gasteiger partial charge in [0.05, 0.1) is 15.3 Å². The molecular formula is C27H26BrN3O4S2. The average molecular weight is 601 g/mol. The number of thioether (sulfide) groups is 2. The Labute approximate surface area is 232 Å². The summed E-state index contributed by atoms with van der Waals surface area (Å²) in [6.45, 7) is 1.72. The van der Waals surface area contributed by atoms with Crippen LogP contribution < -0.4 is 20.2 Å². The molecule has 1 aliphatic heterocycles. The highest BCUT2D eigenvalue weighted by molar-refractivity contribution is 9.10. The van der Waals surface area contributed by atoms with Crippen LogP contribution in [0.5, 0.6) is 11.5 Å². The first-order chi connectivity index (χ1) is 18.0.